The molecule has 11 heavy (non-hydrogen) atoms. The highest BCUT2D eigenvalue weighted by Gasteiger charge is 2.11. The van der Waals surface area contributed by atoms with Crippen LogP contribution in [0.4, 0.5) is 4.79 Å². The molecule has 0 saturated heterocycles. The molecular weight excluding hydrogens is 167 g/mol. The van der Waals surface area contributed by atoms with E-state index >= 15 is 0 Å². The van der Waals surface area contributed by atoms with E-state index in [1.54, 1.807) is 6.92 Å². The Bertz CT molecular complexity index is 193. The molecule has 62 valence electrons. The third kappa shape index (κ3) is 4.60. The van der Waals surface area contributed by atoms with Crippen LogP contribution in [0, 0.1) is 12.3 Å². The lowest BCUT2D eigenvalue weighted by Crippen LogP contribution is -1.98. The Morgan fingerprint density at radius 3 is 2.82 bits per heavy atom. The van der Waals surface area contributed by atoms with Gasteiger partial charge in [-0.3, -0.25) is 4.57 Å². The molecule has 0 bridgehead atoms. The van der Waals surface area contributed by atoms with Gasteiger partial charge in [0.2, 0.25) is 0 Å². The maximum absolute atomic E-state index is 10.7. The first-order chi connectivity index (χ1) is 5.22. The second-order valence-corrected chi connectivity index (χ2v) is 2.77. The Morgan fingerprint density at radius 2 is 2.36 bits per heavy atom. The maximum atomic E-state index is 10.7. The summed E-state index contributed by atoms with van der Waals surface area (Å²) in [6.45, 7) is 1.70. The Balaban J connectivity index is 3.67. The number of terminal acetylenes is 1. The zero-order valence-electron chi connectivity index (χ0n) is 6.12. The molecule has 0 aromatic heterocycles. The Morgan fingerprint density at radius 1 is 1.73 bits per heavy atom. The van der Waals surface area contributed by atoms with E-state index in [4.69, 9.17) is 6.42 Å². The van der Waals surface area contributed by atoms with Gasteiger partial charge in [-0.2, -0.15) is 0 Å². The van der Waals surface area contributed by atoms with Gasteiger partial charge < -0.3 is 9.26 Å². The SMILES string of the molecule is C#CCOC(=O)[PH](=O)OCC. The smallest absolute Gasteiger partial charge is 0.389 e. The molecule has 0 fully saturated rings. The molecule has 0 radical (unpaired) electrons. The summed E-state index contributed by atoms with van der Waals surface area (Å²) in [7, 11) is -2.70. The van der Waals surface area contributed by atoms with E-state index in [2.05, 4.69) is 15.2 Å². The summed E-state index contributed by atoms with van der Waals surface area (Å²) in [6, 6.07) is 0. The van der Waals surface area contributed by atoms with Crippen molar-refractivity contribution in [1.29, 1.82) is 0 Å². The van der Waals surface area contributed by atoms with Crippen LogP contribution in [0.5, 0.6) is 0 Å². The second kappa shape index (κ2) is 5.96. The minimum atomic E-state index is -2.70. The van der Waals surface area contributed by atoms with Crippen LogP contribution in [0.25, 0.3) is 0 Å². The molecule has 0 aliphatic heterocycles. The lowest BCUT2D eigenvalue weighted by molar-refractivity contribution is 0.181. The summed E-state index contributed by atoms with van der Waals surface area (Å²) in [4.78, 5) is 10.6. The number of hydrogen-bond acceptors (Lipinski definition) is 4. The predicted octanol–water partition coefficient (Wildman–Crippen LogP) is 1.27. The van der Waals surface area contributed by atoms with Gasteiger partial charge in [-0.1, -0.05) is 5.92 Å². The third-order valence-electron chi connectivity index (χ3n) is 0.729. The highest BCUT2D eigenvalue weighted by Crippen LogP contribution is 2.24. The van der Waals surface area contributed by atoms with Crippen molar-refractivity contribution in [3.63, 3.8) is 0 Å². The molecule has 0 aromatic carbocycles. The van der Waals surface area contributed by atoms with Gasteiger partial charge in [0, 0.05) is 0 Å². The highest BCUT2D eigenvalue weighted by atomic mass is 31.1. The molecule has 1 atom stereocenters. The van der Waals surface area contributed by atoms with Gasteiger partial charge in [0.1, 0.15) is 0 Å². The molecule has 0 spiro atoms. The van der Waals surface area contributed by atoms with E-state index in [0.29, 0.717) is 0 Å². The Hall–Kier alpha value is -0.780. The van der Waals surface area contributed by atoms with Crippen molar-refractivity contribution in [2.75, 3.05) is 13.2 Å². The van der Waals surface area contributed by atoms with Gasteiger partial charge >= 0.3 is 5.71 Å². The molecule has 1 unspecified atom stereocenters. The number of hydrogen-bond donors (Lipinski definition) is 0. The average Bonchev–Trinajstić information content (AvgIpc) is 2.00. The normalized spacial score (nSPS) is 11.6. The highest BCUT2D eigenvalue weighted by molar-refractivity contribution is 7.58. The van der Waals surface area contributed by atoms with E-state index in [-0.39, 0.29) is 13.2 Å². The molecule has 0 aliphatic carbocycles. The molecule has 0 aromatic rings. The van der Waals surface area contributed by atoms with Crippen LogP contribution in [0.3, 0.4) is 0 Å². The first-order valence-electron chi connectivity index (χ1n) is 2.99. The summed E-state index contributed by atoms with van der Waals surface area (Å²) in [5.41, 5.74) is -0.866. The van der Waals surface area contributed by atoms with Crippen LogP contribution < -0.4 is 0 Å². The fraction of sp³-hybridized carbons (Fsp3) is 0.500. The zero-order chi connectivity index (χ0) is 8.69. The van der Waals surface area contributed by atoms with Crippen LogP contribution in [0.15, 0.2) is 0 Å². The Labute approximate surface area is 65.7 Å². The van der Waals surface area contributed by atoms with Crippen LogP contribution in [-0.2, 0) is 13.8 Å². The van der Waals surface area contributed by atoms with E-state index in [1.165, 1.54) is 0 Å². The summed E-state index contributed by atoms with van der Waals surface area (Å²) < 4.78 is 19.5. The van der Waals surface area contributed by atoms with Gasteiger partial charge in [0.15, 0.2) is 6.61 Å². The lowest BCUT2D eigenvalue weighted by Gasteiger charge is -1.99. The molecular formula is C6H9O4P. The summed E-state index contributed by atoms with van der Waals surface area (Å²) >= 11 is 0. The average molecular weight is 176 g/mol. The fourth-order valence-corrected chi connectivity index (χ4v) is 0.926. The second-order valence-electron chi connectivity index (χ2n) is 1.50. The monoisotopic (exact) mass is 176 g/mol. The van der Waals surface area contributed by atoms with Gasteiger partial charge in [-0.25, -0.2) is 4.79 Å². The number of ether oxygens (including phenoxy) is 1. The molecule has 0 saturated carbocycles. The quantitative estimate of drug-likeness (QED) is 0.478. The van der Waals surface area contributed by atoms with E-state index < -0.39 is 13.7 Å². The molecule has 0 rings (SSSR count). The minimum Gasteiger partial charge on any atom is -0.446 e. The largest absolute Gasteiger partial charge is 0.446 e. The van der Waals surface area contributed by atoms with Crippen molar-refractivity contribution >= 4 is 13.7 Å². The fourth-order valence-electron chi connectivity index (χ4n) is 0.356. The number of carbonyl (C=O) groups is 1. The molecule has 5 heteroatoms. The zero-order valence-corrected chi connectivity index (χ0v) is 7.12. The van der Waals surface area contributed by atoms with Gasteiger partial charge in [0.25, 0.3) is 8.03 Å². The van der Waals surface area contributed by atoms with Crippen LogP contribution in [0.2, 0.25) is 0 Å². The molecule has 0 amide bonds. The maximum Gasteiger partial charge on any atom is 0.389 e. The van der Waals surface area contributed by atoms with Crippen LogP contribution >= 0.6 is 8.03 Å². The van der Waals surface area contributed by atoms with Crippen molar-refractivity contribution in [3.05, 3.63) is 0 Å². The van der Waals surface area contributed by atoms with Gasteiger partial charge in [-0.15, -0.1) is 6.42 Å². The predicted molar refractivity (Wildman–Crippen MR) is 40.8 cm³/mol. The van der Waals surface area contributed by atoms with Crippen LogP contribution in [0.1, 0.15) is 6.92 Å². The molecule has 0 N–H and O–H groups in total. The molecule has 4 nitrogen and oxygen atoms in total. The van der Waals surface area contributed by atoms with Crippen molar-refractivity contribution in [2.45, 2.75) is 6.92 Å². The minimum absolute atomic E-state index is 0.164. The van der Waals surface area contributed by atoms with E-state index in [1.807, 2.05) is 0 Å². The van der Waals surface area contributed by atoms with E-state index in [0.717, 1.165) is 0 Å². The first kappa shape index (κ1) is 10.2. The Kier molecular flexibility index (Phi) is 5.54. The van der Waals surface area contributed by atoms with Crippen LogP contribution in [-0.4, -0.2) is 18.9 Å². The molecule has 0 aliphatic rings. The van der Waals surface area contributed by atoms with Crippen molar-refractivity contribution < 1.29 is 18.6 Å². The van der Waals surface area contributed by atoms with Gasteiger partial charge in [-0.05, 0) is 6.92 Å². The molecule has 0 heterocycles. The van der Waals surface area contributed by atoms with Crippen molar-refractivity contribution in [3.8, 4) is 12.3 Å². The topological polar surface area (TPSA) is 52.6 Å². The summed E-state index contributed by atoms with van der Waals surface area (Å²) in [5, 5.41) is 0. The lowest BCUT2D eigenvalue weighted by atomic mass is 10.8. The summed E-state index contributed by atoms with van der Waals surface area (Å²) in [5.74, 6) is 2.07. The number of carbonyl (C=O) groups excluding carboxylic acids is 1. The van der Waals surface area contributed by atoms with Gasteiger partial charge in [0.05, 0.1) is 6.61 Å². The first-order valence-corrected chi connectivity index (χ1v) is 4.31. The summed E-state index contributed by atoms with van der Waals surface area (Å²) in [6.07, 6.45) is 4.79. The van der Waals surface area contributed by atoms with E-state index in [9.17, 15) is 9.36 Å². The van der Waals surface area contributed by atoms with Crippen molar-refractivity contribution in [2.24, 2.45) is 0 Å². The van der Waals surface area contributed by atoms with Crippen molar-refractivity contribution in [1.82, 2.24) is 0 Å². The number of rotatable bonds is 4. The third-order valence-corrected chi connectivity index (χ3v) is 1.76. The standard InChI is InChI=1S/C6H9O4P/c1-3-5-9-6(7)11(8)10-4-2/h1,11H,4-5H2,2H3.